The Bertz CT molecular complexity index is 389. The van der Waals surface area contributed by atoms with E-state index in [1.165, 1.54) is 4.90 Å². The molecular weight excluding hydrogens is 287 g/mol. The molecule has 0 aromatic carbocycles. The zero-order chi connectivity index (χ0) is 16.2. The maximum absolute atomic E-state index is 12.6. The highest BCUT2D eigenvalue weighted by Crippen LogP contribution is 2.40. The Morgan fingerprint density at radius 2 is 1.86 bits per heavy atom. The van der Waals surface area contributed by atoms with Gasteiger partial charge in [0.15, 0.2) is 5.84 Å². The molecule has 0 aromatic rings. The third-order valence-electron chi connectivity index (χ3n) is 3.91. The molecule has 1 rings (SSSR count). The summed E-state index contributed by atoms with van der Waals surface area (Å²) in [5, 5.41) is 11.4. The quantitative estimate of drug-likeness (QED) is 0.362. The Morgan fingerprint density at radius 1 is 1.33 bits per heavy atom. The molecule has 3 N–H and O–H groups in total. The van der Waals surface area contributed by atoms with Crippen molar-refractivity contribution in [1.82, 2.24) is 4.90 Å². The Morgan fingerprint density at radius 3 is 2.24 bits per heavy atom. The lowest BCUT2D eigenvalue weighted by Crippen LogP contribution is -2.46. The fourth-order valence-electron chi connectivity index (χ4n) is 2.62. The molecule has 21 heavy (non-hydrogen) atoms. The van der Waals surface area contributed by atoms with E-state index in [-0.39, 0.29) is 50.0 Å². The summed E-state index contributed by atoms with van der Waals surface area (Å²) in [6.45, 7) is 3.54. The standard InChI is InChI=1S/C13H22F3N3O2/c1-8(2)19(7-11(17)18-21)12(20)9-3-5-10(6-4-9)13(14,15)16/h8-10,21H,3-7H2,1-2H3,(H2,17,18). The third-order valence-corrected chi connectivity index (χ3v) is 3.91. The molecule has 1 saturated carbocycles. The van der Waals surface area contributed by atoms with E-state index in [1.807, 2.05) is 0 Å². The van der Waals surface area contributed by atoms with Crippen molar-refractivity contribution in [3.05, 3.63) is 0 Å². The van der Waals surface area contributed by atoms with Crippen LogP contribution in [0.4, 0.5) is 13.2 Å². The highest BCUT2D eigenvalue weighted by atomic mass is 19.4. The molecule has 1 amide bonds. The first-order valence-electron chi connectivity index (χ1n) is 7.00. The number of carbonyl (C=O) groups excluding carboxylic acids is 1. The van der Waals surface area contributed by atoms with Crippen molar-refractivity contribution in [2.75, 3.05) is 6.54 Å². The predicted molar refractivity (Wildman–Crippen MR) is 71.8 cm³/mol. The molecule has 8 heteroatoms. The van der Waals surface area contributed by atoms with Gasteiger partial charge in [0.05, 0.1) is 12.5 Å². The van der Waals surface area contributed by atoms with Crippen LogP contribution in [-0.2, 0) is 4.79 Å². The van der Waals surface area contributed by atoms with Crippen LogP contribution in [-0.4, -0.2) is 40.6 Å². The number of carbonyl (C=O) groups is 1. The zero-order valence-corrected chi connectivity index (χ0v) is 12.2. The summed E-state index contributed by atoms with van der Waals surface area (Å²) in [5.41, 5.74) is 5.42. The van der Waals surface area contributed by atoms with Crippen LogP contribution in [0.5, 0.6) is 0 Å². The number of rotatable bonds is 4. The maximum Gasteiger partial charge on any atom is 0.391 e. The summed E-state index contributed by atoms with van der Waals surface area (Å²) < 4.78 is 37.9. The van der Waals surface area contributed by atoms with Crippen molar-refractivity contribution >= 4 is 11.7 Å². The second-order valence-corrected chi connectivity index (χ2v) is 5.74. The van der Waals surface area contributed by atoms with E-state index in [2.05, 4.69) is 5.16 Å². The number of nitrogens with two attached hydrogens (primary N) is 1. The van der Waals surface area contributed by atoms with Crippen molar-refractivity contribution in [3.63, 3.8) is 0 Å². The van der Waals surface area contributed by atoms with Crippen LogP contribution in [0.3, 0.4) is 0 Å². The first-order chi connectivity index (χ1) is 9.66. The van der Waals surface area contributed by atoms with Crippen molar-refractivity contribution in [3.8, 4) is 0 Å². The van der Waals surface area contributed by atoms with Gasteiger partial charge in [-0.2, -0.15) is 13.2 Å². The van der Waals surface area contributed by atoms with Gasteiger partial charge in [-0.1, -0.05) is 5.16 Å². The van der Waals surface area contributed by atoms with Gasteiger partial charge in [0.2, 0.25) is 5.91 Å². The molecular formula is C13H22F3N3O2. The minimum absolute atomic E-state index is 0.0184. The lowest BCUT2D eigenvalue weighted by molar-refractivity contribution is -0.185. The fourth-order valence-corrected chi connectivity index (χ4v) is 2.62. The second-order valence-electron chi connectivity index (χ2n) is 5.74. The fraction of sp³-hybridized carbons (Fsp3) is 0.846. The molecule has 1 fully saturated rings. The van der Waals surface area contributed by atoms with Crippen LogP contribution in [0.25, 0.3) is 0 Å². The number of oxime groups is 1. The van der Waals surface area contributed by atoms with E-state index < -0.39 is 18.0 Å². The van der Waals surface area contributed by atoms with Crippen LogP contribution in [0, 0.1) is 11.8 Å². The minimum atomic E-state index is -4.18. The molecule has 0 atom stereocenters. The van der Waals surface area contributed by atoms with Gasteiger partial charge in [-0.05, 0) is 39.5 Å². The van der Waals surface area contributed by atoms with E-state index in [1.54, 1.807) is 13.8 Å². The molecule has 0 unspecified atom stereocenters. The van der Waals surface area contributed by atoms with Crippen molar-refractivity contribution < 1.29 is 23.2 Å². The van der Waals surface area contributed by atoms with Crippen LogP contribution < -0.4 is 5.73 Å². The molecule has 1 aliphatic carbocycles. The number of amides is 1. The second kappa shape index (κ2) is 7.00. The Hall–Kier alpha value is -1.47. The van der Waals surface area contributed by atoms with E-state index >= 15 is 0 Å². The molecule has 0 heterocycles. The molecule has 0 bridgehead atoms. The van der Waals surface area contributed by atoms with Crippen LogP contribution >= 0.6 is 0 Å². The van der Waals surface area contributed by atoms with Gasteiger partial charge in [-0.15, -0.1) is 0 Å². The van der Waals surface area contributed by atoms with Gasteiger partial charge in [0.1, 0.15) is 0 Å². The topological polar surface area (TPSA) is 78.9 Å². The summed E-state index contributed by atoms with van der Waals surface area (Å²) in [7, 11) is 0. The van der Waals surface area contributed by atoms with Crippen LogP contribution in [0.2, 0.25) is 0 Å². The Labute approximate surface area is 122 Å². The first kappa shape index (κ1) is 17.6. The molecule has 0 radical (unpaired) electrons. The third kappa shape index (κ3) is 4.78. The zero-order valence-electron chi connectivity index (χ0n) is 12.2. The van der Waals surface area contributed by atoms with Crippen molar-refractivity contribution in [1.29, 1.82) is 0 Å². The van der Waals surface area contributed by atoms with Crippen LogP contribution in [0.1, 0.15) is 39.5 Å². The summed E-state index contributed by atoms with van der Waals surface area (Å²) >= 11 is 0. The Balaban J connectivity index is 2.66. The molecule has 0 saturated heterocycles. The SMILES string of the molecule is CC(C)N(CC(N)=NO)C(=O)C1CCC(C(F)(F)F)CC1. The number of nitrogens with zero attached hydrogens (tertiary/aromatic N) is 2. The lowest BCUT2D eigenvalue weighted by atomic mass is 9.81. The molecule has 0 aromatic heterocycles. The number of amidine groups is 1. The van der Waals surface area contributed by atoms with Gasteiger partial charge < -0.3 is 15.8 Å². The maximum atomic E-state index is 12.6. The van der Waals surface area contributed by atoms with Gasteiger partial charge in [-0.3, -0.25) is 4.79 Å². The molecule has 0 aliphatic heterocycles. The molecule has 5 nitrogen and oxygen atoms in total. The molecule has 0 spiro atoms. The number of hydrogen-bond donors (Lipinski definition) is 2. The Kier molecular flexibility index (Phi) is 5.86. The van der Waals surface area contributed by atoms with Gasteiger partial charge in [-0.25, -0.2) is 0 Å². The number of halogens is 3. The average Bonchev–Trinajstić information content (AvgIpc) is 2.42. The lowest BCUT2D eigenvalue weighted by Gasteiger charge is -2.34. The molecule has 122 valence electrons. The molecule has 1 aliphatic rings. The predicted octanol–water partition coefficient (Wildman–Crippen LogP) is 2.34. The highest BCUT2D eigenvalue weighted by Gasteiger charge is 2.43. The van der Waals surface area contributed by atoms with Gasteiger partial charge in [0.25, 0.3) is 0 Å². The van der Waals surface area contributed by atoms with E-state index in [0.717, 1.165) is 0 Å². The summed E-state index contributed by atoms with van der Waals surface area (Å²) in [6, 6.07) is -0.168. The highest BCUT2D eigenvalue weighted by molar-refractivity contribution is 5.88. The van der Waals surface area contributed by atoms with E-state index in [0.29, 0.717) is 0 Å². The number of hydrogen-bond acceptors (Lipinski definition) is 3. The van der Waals surface area contributed by atoms with Crippen molar-refractivity contribution in [2.24, 2.45) is 22.7 Å². The normalized spacial score (nSPS) is 24.2. The van der Waals surface area contributed by atoms with Gasteiger partial charge >= 0.3 is 6.18 Å². The minimum Gasteiger partial charge on any atom is -0.409 e. The largest absolute Gasteiger partial charge is 0.409 e. The van der Waals surface area contributed by atoms with Gasteiger partial charge in [0, 0.05) is 12.0 Å². The number of alkyl halides is 3. The summed E-state index contributed by atoms with van der Waals surface area (Å²) in [6.07, 6.45) is -3.77. The van der Waals surface area contributed by atoms with Crippen molar-refractivity contribution in [2.45, 2.75) is 51.7 Å². The van der Waals surface area contributed by atoms with E-state index in [9.17, 15) is 18.0 Å². The monoisotopic (exact) mass is 309 g/mol. The smallest absolute Gasteiger partial charge is 0.391 e. The summed E-state index contributed by atoms with van der Waals surface area (Å²) in [4.78, 5) is 13.8. The van der Waals surface area contributed by atoms with E-state index in [4.69, 9.17) is 10.9 Å². The first-order valence-corrected chi connectivity index (χ1v) is 7.00. The average molecular weight is 309 g/mol. The van der Waals surface area contributed by atoms with Crippen LogP contribution in [0.15, 0.2) is 5.16 Å². The summed E-state index contributed by atoms with van der Waals surface area (Å²) in [5.74, 6) is -2.05.